The first kappa shape index (κ1) is 36.8. The van der Waals surface area contributed by atoms with Crippen LogP contribution in [0.4, 0.5) is 0 Å². The maximum atomic E-state index is 14.0. The number of aromatic hydroxyl groups is 1. The highest BCUT2D eigenvalue weighted by Gasteiger charge is 2.40. The van der Waals surface area contributed by atoms with Crippen LogP contribution in [0.25, 0.3) is 0 Å². The van der Waals surface area contributed by atoms with Crippen molar-refractivity contribution in [1.82, 2.24) is 31.5 Å². The molecular formula is C35H46N6O8. The van der Waals surface area contributed by atoms with Crippen molar-refractivity contribution in [3.63, 3.8) is 0 Å². The molecule has 14 heteroatoms. The van der Waals surface area contributed by atoms with Crippen molar-refractivity contribution >= 4 is 35.4 Å². The number of nitrogens with one attached hydrogen (secondary N) is 5. The summed E-state index contributed by atoms with van der Waals surface area (Å²) in [6.45, 7) is 4.47. The second-order valence-corrected chi connectivity index (χ2v) is 12.7. The van der Waals surface area contributed by atoms with Crippen molar-refractivity contribution in [3.8, 4) is 5.75 Å². The Morgan fingerprint density at radius 2 is 1.31 bits per heavy atom. The first-order chi connectivity index (χ1) is 23.4. The van der Waals surface area contributed by atoms with Crippen molar-refractivity contribution in [2.24, 2.45) is 5.92 Å². The number of hydrogen-bond donors (Lipinski definition) is 7. The number of carbonyl (C=O) groups excluding carboxylic acids is 6. The van der Waals surface area contributed by atoms with E-state index in [1.54, 1.807) is 43.3 Å². The number of aliphatic hydroxyl groups excluding tert-OH is 1. The van der Waals surface area contributed by atoms with Gasteiger partial charge >= 0.3 is 0 Å². The predicted octanol–water partition coefficient (Wildman–Crippen LogP) is -0.336. The topological polar surface area (TPSA) is 206 Å². The SMILES string of the molecule is CC[C@H](C)[C@@H]1NC(=O)[C@H](Cc2ccc(O)cc2)NC(=O)[C@H](Cc2ccccc2)NC(=O)[C@@H](C)NC(=O)[C@@H]2CCCN2C(=O)[C@H](CO)NC1=O. The van der Waals surface area contributed by atoms with Gasteiger partial charge in [0.1, 0.15) is 42.0 Å². The number of amides is 6. The second-order valence-electron chi connectivity index (χ2n) is 12.7. The lowest BCUT2D eigenvalue weighted by atomic mass is 9.96. The summed E-state index contributed by atoms with van der Waals surface area (Å²) in [7, 11) is 0. The molecule has 0 unspecified atom stereocenters. The minimum atomic E-state index is -1.39. The Hall–Kier alpha value is -4.98. The fourth-order valence-electron chi connectivity index (χ4n) is 5.99. The van der Waals surface area contributed by atoms with Gasteiger partial charge in [-0.05, 0) is 48.9 Å². The van der Waals surface area contributed by atoms with Gasteiger partial charge in [0.2, 0.25) is 35.4 Å². The molecule has 7 N–H and O–H groups in total. The maximum absolute atomic E-state index is 14.0. The van der Waals surface area contributed by atoms with E-state index < -0.39 is 84.2 Å². The molecule has 0 radical (unpaired) electrons. The van der Waals surface area contributed by atoms with E-state index in [0.29, 0.717) is 24.8 Å². The number of benzene rings is 2. The number of phenols is 1. The Labute approximate surface area is 285 Å². The lowest BCUT2D eigenvalue weighted by molar-refractivity contribution is -0.143. The van der Waals surface area contributed by atoms with Crippen molar-refractivity contribution in [1.29, 1.82) is 0 Å². The highest BCUT2D eigenvalue weighted by molar-refractivity contribution is 5.98. The Bertz CT molecular complexity index is 1500. The van der Waals surface area contributed by atoms with E-state index in [2.05, 4.69) is 26.6 Å². The third-order valence-corrected chi connectivity index (χ3v) is 9.11. The van der Waals surface area contributed by atoms with Gasteiger partial charge in [0, 0.05) is 19.4 Å². The van der Waals surface area contributed by atoms with Crippen LogP contribution in [0.5, 0.6) is 5.75 Å². The number of fused-ring (bicyclic) bond motifs is 1. The molecule has 4 rings (SSSR count). The molecule has 2 aromatic rings. The molecule has 2 aliphatic heterocycles. The highest BCUT2D eigenvalue weighted by Crippen LogP contribution is 2.20. The van der Waals surface area contributed by atoms with Gasteiger partial charge in [-0.2, -0.15) is 0 Å². The number of phenolic OH excluding ortho intramolecular Hbond substituents is 1. The predicted molar refractivity (Wildman–Crippen MR) is 179 cm³/mol. The number of aliphatic hydroxyl groups is 1. The average molecular weight is 679 g/mol. The highest BCUT2D eigenvalue weighted by atomic mass is 16.3. The Morgan fingerprint density at radius 1 is 0.735 bits per heavy atom. The number of rotatable bonds is 7. The maximum Gasteiger partial charge on any atom is 0.248 e. The molecule has 2 saturated heterocycles. The van der Waals surface area contributed by atoms with Crippen LogP contribution in [0, 0.1) is 5.92 Å². The molecule has 7 atom stereocenters. The zero-order valence-corrected chi connectivity index (χ0v) is 28.0. The summed E-state index contributed by atoms with van der Waals surface area (Å²) in [6.07, 6.45) is 1.30. The van der Waals surface area contributed by atoms with Gasteiger partial charge in [-0.15, -0.1) is 0 Å². The van der Waals surface area contributed by atoms with Gasteiger partial charge in [0.25, 0.3) is 0 Å². The first-order valence-electron chi connectivity index (χ1n) is 16.7. The number of carbonyl (C=O) groups is 6. The molecule has 14 nitrogen and oxygen atoms in total. The third kappa shape index (κ3) is 9.56. The van der Waals surface area contributed by atoms with Crippen molar-refractivity contribution in [2.75, 3.05) is 13.2 Å². The van der Waals surface area contributed by atoms with E-state index in [0.717, 1.165) is 5.56 Å². The Morgan fingerprint density at radius 3 is 1.92 bits per heavy atom. The minimum Gasteiger partial charge on any atom is -0.508 e. The molecule has 0 saturated carbocycles. The zero-order chi connectivity index (χ0) is 35.7. The number of nitrogens with zero attached hydrogens (tertiary/aromatic N) is 1. The van der Waals surface area contributed by atoms with Crippen LogP contribution in [0.15, 0.2) is 54.6 Å². The fraction of sp³-hybridized carbons (Fsp3) is 0.486. The lowest BCUT2D eigenvalue weighted by Crippen LogP contribution is -2.62. The standard InChI is InChI=1S/C35H46N6O8/c1-4-20(2)29-34(48)39-27(19-42)35(49)41-16-8-11-28(41)33(47)36-21(3)30(44)37-25(17-22-9-6-5-7-10-22)31(45)38-26(32(46)40-29)18-23-12-14-24(43)15-13-23/h5-7,9-10,12-15,20-21,25-29,42-43H,4,8,11,16-19H2,1-3H3,(H,36,47)(H,37,44)(H,38,45)(H,39,48)(H,40,46)/t20-,21+,25-,26-,27-,28-,29-/m0/s1. The molecule has 264 valence electrons. The van der Waals surface area contributed by atoms with Crippen LogP contribution in [-0.2, 0) is 41.6 Å². The zero-order valence-electron chi connectivity index (χ0n) is 28.0. The molecule has 2 fully saturated rings. The summed E-state index contributed by atoms with van der Waals surface area (Å²) >= 11 is 0. The Balaban J connectivity index is 1.74. The Kier molecular flexibility index (Phi) is 12.7. The molecule has 0 aromatic heterocycles. The quantitative estimate of drug-likeness (QED) is 0.206. The summed E-state index contributed by atoms with van der Waals surface area (Å²) in [6, 6.07) is 8.05. The molecule has 2 heterocycles. The van der Waals surface area contributed by atoms with Crippen LogP contribution in [0.3, 0.4) is 0 Å². The molecule has 6 amide bonds. The van der Waals surface area contributed by atoms with Crippen LogP contribution < -0.4 is 26.6 Å². The fourth-order valence-corrected chi connectivity index (χ4v) is 5.99. The van der Waals surface area contributed by atoms with Gasteiger partial charge in [0.05, 0.1) is 6.61 Å². The largest absolute Gasteiger partial charge is 0.508 e. The molecule has 2 aromatic carbocycles. The molecular weight excluding hydrogens is 632 g/mol. The molecule has 2 aliphatic rings. The van der Waals surface area contributed by atoms with Crippen LogP contribution >= 0.6 is 0 Å². The van der Waals surface area contributed by atoms with E-state index in [1.165, 1.54) is 24.0 Å². The monoisotopic (exact) mass is 678 g/mol. The van der Waals surface area contributed by atoms with Gasteiger partial charge in [-0.25, -0.2) is 0 Å². The van der Waals surface area contributed by atoms with Gasteiger partial charge < -0.3 is 41.7 Å². The van der Waals surface area contributed by atoms with Crippen molar-refractivity contribution < 1.29 is 39.0 Å². The molecule has 0 spiro atoms. The third-order valence-electron chi connectivity index (χ3n) is 9.11. The normalized spacial score (nSPS) is 26.7. The van der Waals surface area contributed by atoms with Crippen molar-refractivity contribution in [2.45, 2.75) is 89.1 Å². The molecule has 0 aliphatic carbocycles. The number of hydrogen-bond acceptors (Lipinski definition) is 8. The van der Waals surface area contributed by atoms with Crippen LogP contribution in [0.1, 0.15) is 51.2 Å². The summed E-state index contributed by atoms with van der Waals surface area (Å²) in [5.74, 6) is -4.40. The van der Waals surface area contributed by atoms with Crippen LogP contribution in [-0.4, -0.2) is 100.0 Å². The summed E-state index contributed by atoms with van der Waals surface area (Å²) in [5, 5.41) is 33.3. The van der Waals surface area contributed by atoms with E-state index in [1.807, 2.05) is 13.0 Å². The van der Waals surface area contributed by atoms with E-state index >= 15 is 0 Å². The van der Waals surface area contributed by atoms with E-state index in [-0.39, 0.29) is 25.1 Å². The average Bonchev–Trinajstić information content (AvgIpc) is 3.59. The molecule has 0 bridgehead atoms. The van der Waals surface area contributed by atoms with Gasteiger partial charge in [-0.3, -0.25) is 28.8 Å². The van der Waals surface area contributed by atoms with Gasteiger partial charge in [-0.1, -0.05) is 62.7 Å². The summed E-state index contributed by atoms with van der Waals surface area (Å²) < 4.78 is 0. The second kappa shape index (κ2) is 16.9. The van der Waals surface area contributed by atoms with Crippen molar-refractivity contribution in [3.05, 3.63) is 65.7 Å². The summed E-state index contributed by atoms with van der Waals surface area (Å²) in [5.41, 5.74) is 1.32. The molecule has 49 heavy (non-hydrogen) atoms. The first-order valence-corrected chi connectivity index (χ1v) is 16.7. The van der Waals surface area contributed by atoms with E-state index in [9.17, 15) is 39.0 Å². The summed E-state index contributed by atoms with van der Waals surface area (Å²) in [4.78, 5) is 83.2. The van der Waals surface area contributed by atoms with Gasteiger partial charge in [0.15, 0.2) is 0 Å². The lowest BCUT2D eigenvalue weighted by Gasteiger charge is -2.32. The van der Waals surface area contributed by atoms with E-state index in [4.69, 9.17) is 0 Å². The van der Waals surface area contributed by atoms with Crippen LogP contribution in [0.2, 0.25) is 0 Å². The smallest absolute Gasteiger partial charge is 0.248 e. The minimum absolute atomic E-state index is 0.00976.